The number of rotatable bonds is 5. The Labute approximate surface area is 190 Å². The van der Waals surface area contributed by atoms with Gasteiger partial charge in [0, 0.05) is 24.9 Å². The summed E-state index contributed by atoms with van der Waals surface area (Å²) in [5.41, 5.74) is 4.48. The first kappa shape index (κ1) is 20.7. The van der Waals surface area contributed by atoms with Gasteiger partial charge in [0.1, 0.15) is 5.03 Å². The Balaban J connectivity index is 1.40. The number of benzene rings is 2. The molecule has 0 saturated carbocycles. The largest absolute Gasteiger partial charge is 0.381 e. The van der Waals surface area contributed by atoms with Gasteiger partial charge in [-0.15, -0.1) is 10.2 Å². The molecule has 0 bridgehead atoms. The van der Waals surface area contributed by atoms with Crippen LogP contribution in [-0.2, 0) is 4.74 Å². The highest BCUT2D eigenvalue weighted by Gasteiger charge is 2.19. The predicted molar refractivity (Wildman–Crippen MR) is 123 cm³/mol. The molecule has 0 atom stereocenters. The molecule has 1 saturated heterocycles. The lowest BCUT2D eigenvalue weighted by Gasteiger charge is -2.22. The number of amides is 1. The first-order valence-corrected chi connectivity index (χ1v) is 11.4. The van der Waals surface area contributed by atoms with Crippen LogP contribution >= 0.6 is 11.8 Å². The zero-order valence-corrected chi connectivity index (χ0v) is 18.5. The van der Waals surface area contributed by atoms with Crippen LogP contribution in [0.5, 0.6) is 0 Å². The van der Waals surface area contributed by atoms with Crippen LogP contribution in [0.3, 0.4) is 0 Å². The second-order valence-corrected chi connectivity index (χ2v) is 8.76. The summed E-state index contributed by atoms with van der Waals surface area (Å²) < 4.78 is 7.46. The number of aryl methyl sites for hydroxylation is 1. The van der Waals surface area contributed by atoms with Gasteiger partial charge >= 0.3 is 0 Å². The van der Waals surface area contributed by atoms with E-state index in [0.29, 0.717) is 23.9 Å². The Bertz CT molecular complexity index is 1250. The number of nitrogens with one attached hydrogen (secondary N) is 1. The van der Waals surface area contributed by atoms with Gasteiger partial charge in [0.25, 0.3) is 5.91 Å². The van der Waals surface area contributed by atoms with Crippen molar-refractivity contribution in [3.8, 4) is 5.69 Å². The fraction of sp³-hybridized carbons (Fsp3) is 0.250. The number of hydrogen-bond acceptors (Lipinski definition) is 6. The number of nitrogens with zero attached hydrogens (tertiary/aromatic N) is 4. The van der Waals surface area contributed by atoms with Gasteiger partial charge in [-0.05, 0) is 73.5 Å². The minimum absolute atomic E-state index is 0.126. The molecule has 3 heterocycles. The minimum Gasteiger partial charge on any atom is -0.381 e. The Kier molecular flexibility index (Phi) is 5.87. The fourth-order valence-corrected chi connectivity index (χ4v) is 4.62. The fourth-order valence-electron chi connectivity index (χ4n) is 3.78. The zero-order valence-electron chi connectivity index (χ0n) is 17.7. The van der Waals surface area contributed by atoms with Crippen molar-refractivity contribution in [2.45, 2.75) is 36.0 Å². The highest BCUT2D eigenvalue weighted by atomic mass is 32.2. The van der Waals surface area contributed by atoms with Gasteiger partial charge in [-0.2, -0.15) is 0 Å². The quantitative estimate of drug-likeness (QED) is 0.496. The Morgan fingerprint density at radius 3 is 2.69 bits per heavy atom. The summed E-state index contributed by atoms with van der Waals surface area (Å²) >= 11 is 1.43. The molecule has 7 nitrogen and oxygen atoms in total. The van der Waals surface area contributed by atoms with Crippen LogP contribution in [0, 0.1) is 6.92 Å². The van der Waals surface area contributed by atoms with Crippen molar-refractivity contribution >= 4 is 28.7 Å². The monoisotopic (exact) mass is 445 g/mol. The first-order chi connectivity index (χ1) is 15.7. The van der Waals surface area contributed by atoms with Crippen molar-refractivity contribution in [2.24, 2.45) is 0 Å². The highest BCUT2D eigenvalue weighted by molar-refractivity contribution is 7.99. The van der Waals surface area contributed by atoms with Crippen molar-refractivity contribution in [1.29, 1.82) is 0 Å². The van der Waals surface area contributed by atoms with Gasteiger partial charge in [-0.3, -0.25) is 9.36 Å². The van der Waals surface area contributed by atoms with Crippen molar-refractivity contribution in [3.05, 3.63) is 71.9 Å². The van der Waals surface area contributed by atoms with Gasteiger partial charge in [-0.25, -0.2) is 4.98 Å². The van der Waals surface area contributed by atoms with E-state index in [1.54, 1.807) is 6.07 Å². The maximum atomic E-state index is 12.5. The normalized spacial score (nSPS) is 14.5. The lowest BCUT2D eigenvalue weighted by molar-refractivity contribution is 0.0693. The third kappa shape index (κ3) is 4.37. The van der Waals surface area contributed by atoms with Crippen molar-refractivity contribution in [1.82, 2.24) is 25.1 Å². The second kappa shape index (κ2) is 9.10. The average Bonchev–Trinajstić information content (AvgIpc) is 3.18. The van der Waals surface area contributed by atoms with Crippen molar-refractivity contribution in [2.75, 3.05) is 13.2 Å². The summed E-state index contributed by atoms with van der Waals surface area (Å²) in [4.78, 5) is 17.3. The lowest BCUT2D eigenvalue weighted by Crippen LogP contribution is -2.39. The smallest absolute Gasteiger partial charge is 0.272 e. The number of hydrogen-bond donors (Lipinski definition) is 1. The summed E-state index contributed by atoms with van der Waals surface area (Å²) in [7, 11) is 0. The van der Waals surface area contributed by atoms with Crippen LogP contribution in [0.4, 0.5) is 0 Å². The molecule has 32 heavy (non-hydrogen) atoms. The number of imidazole rings is 1. The maximum Gasteiger partial charge on any atom is 0.272 e. The van der Waals surface area contributed by atoms with Crippen LogP contribution in [-0.4, -0.2) is 44.9 Å². The number of carbonyl (C=O) groups is 1. The van der Waals surface area contributed by atoms with E-state index in [2.05, 4.69) is 51.3 Å². The molecule has 8 heteroatoms. The van der Waals surface area contributed by atoms with E-state index in [4.69, 9.17) is 9.72 Å². The number of para-hydroxylation sites is 2. The molecule has 0 unspecified atom stereocenters. The molecule has 0 spiro atoms. The topological polar surface area (TPSA) is 81.9 Å². The van der Waals surface area contributed by atoms with Crippen molar-refractivity contribution in [3.63, 3.8) is 0 Å². The Hall–Kier alpha value is -3.23. The van der Waals surface area contributed by atoms with Crippen LogP contribution in [0.15, 0.2) is 70.8 Å². The molecule has 4 aromatic rings. The molecule has 0 radical (unpaired) electrons. The second-order valence-electron chi connectivity index (χ2n) is 7.78. The average molecular weight is 446 g/mol. The van der Waals surface area contributed by atoms with Gasteiger partial charge in [0.2, 0.25) is 0 Å². The van der Waals surface area contributed by atoms with Gasteiger partial charge in [0.15, 0.2) is 10.9 Å². The standard InChI is InChI=1S/C24H23N5O2S/c1-16-5-4-6-18(15-16)29-21-8-3-2-7-19(21)26-24(29)32-22-10-9-20(27-28-22)23(30)25-17-11-13-31-14-12-17/h2-10,15,17H,11-14H2,1H3,(H,25,30). The van der Waals surface area contributed by atoms with E-state index in [1.807, 2.05) is 30.3 Å². The van der Waals surface area contributed by atoms with E-state index >= 15 is 0 Å². The summed E-state index contributed by atoms with van der Waals surface area (Å²) in [6.45, 7) is 3.42. The number of aromatic nitrogens is 4. The summed E-state index contributed by atoms with van der Waals surface area (Å²) in [5, 5.41) is 12.9. The molecular weight excluding hydrogens is 422 g/mol. The van der Waals surface area contributed by atoms with Crippen molar-refractivity contribution < 1.29 is 9.53 Å². The summed E-state index contributed by atoms with van der Waals surface area (Å²) in [6.07, 6.45) is 1.64. The van der Waals surface area contributed by atoms with Gasteiger partial charge < -0.3 is 10.1 Å². The third-order valence-corrected chi connectivity index (χ3v) is 6.30. The Morgan fingerprint density at radius 2 is 1.91 bits per heavy atom. The van der Waals surface area contributed by atoms with Crippen LogP contribution < -0.4 is 5.32 Å². The minimum atomic E-state index is -0.201. The SMILES string of the molecule is Cc1cccc(-n2c(Sc3ccc(C(=O)NC4CCOCC4)nn3)nc3ccccc32)c1. The molecule has 2 aromatic carbocycles. The zero-order chi connectivity index (χ0) is 21.9. The van der Waals surface area contributed by atoms with E-state index in [0.717, 1.165) is 34.7 Å². The molecular formula is C24H23N5O2S. The van der Waals surface area contributed by atoms with Crippen LogP contribution in [0.25, 0.3) is 16.7 Å². The van der Waals surface area contributed by atoms with E-state index in [1.165, 1.54) is 17.3 Å². The Morgan fingerprint density at radius 1 is 1.06 bits per heavy atom. The highest BCUT2D eigenvalue weighted by Crippen LogP contribution is 2.31. The third-order valence-electron chi connectivity index (χ3n) is 5.41. The number of carbonyl (C=O) groups excluding carboxylic acids is 1. The van der Waals surface area contributed by atoms with E-state index in [9.17, 15) is 4.79 Å². The molecule has 2 aromatic heterocycles. The summed E-state index contributed by atoms with van der Waals surface area (Å²) in [5.74, 6) is -0.201. The van der Waals surface area contributed by atoms with Gasteiger partial charge in [-0.1, -0.05) is 24.3 Å². The molecule has 5 rings (SSSR count). The van der Waals surface area contributed by atoms with E-state index in [-0.39, 0.29) is 11.9 Å². The molecule has 1 amide bonds. The van der Waals surface area contributed by atoms with Gasteiger partial charge in [0.05, 0.1) is 11.0 Å². The molecule has 162 valence electrons. The predicted octanol–water partition coefficient (Wildman–Crippen LogP) is 4.18. The molecule has 1 aliphatic rings. The maximum absolute atomic E-state index is 12.5. The lowest BCUT2D eigenvalue weighted by atomic mass is 10.1. The molecule has 1 fully saturated rings. The van der Waals surface area contributed by atoms with E-state index < -0.39 is 0 Å². The van der Waals surface area contributed by atoms with Crippen LogP contribution in [0.1, 0.15) is 28.9 Å². The first-order valence-electron chi connectivity index (χ1n) is 10.6. The molecule has 1 N–H and O–H groups in total. The molecule has 1 aliphatic heterocycles. The molecule has 0 aliphatic carbocycles. The number of ether oxygens (including phenoxy) is 1. The summed E-state index contributed by atoms with van der Waals surface area (Å²) in [6, 6.07) is 20.0. The van der Waals surface area contributed by atoms with Crippen LogP contribution in [0.2, 0.25) is 0 Å². The number of fused-ring (bicyclic) bond motifs is 1.